The second-order valence-electron chi connectivity index (χ2n) is 6.47. The van der Waals surface area contributed by atoms with Crippen molar-refractivity contribution in [3.8, 4) is 11.1 Å². The van der Waals surface area contributed by atoms with Gasteiger partial charge in [0.15, 0.2) is 0 Å². The molecule has 6 heteroatoms. The zero-order valence-electron chi connectivity index (χ0n) is 15.4. The van der Waals surface area contributed by atoms with E-state index in [0.29, 0.717) is 28.9 Å². The van der Waals surface area contributed by atoms with Crippen molar-refractivity contribution in [2.24, 2.45) is 0 Å². The fraction of sp³-hybridized carbons (Fsp3) is 0.350. The van der Waals surface area contributed by atoms with Gasteiger partial charge in [-0.2, -0.15) is 0 Å². The van der Waals surface area contributed by atoms with Gasteiger partial charge < -0.3 is 5.11 Å². The van der Waals surface area contributed by atoms with Gasteiger partial charge in [0.1, 0.15) is 16.7 Å². The lowest BCUT2D eigenvalue weighted by molar-refractivity contribution is -0.141. The number of aliphatic carboxylic acids is 1. The number of hydrogen-bond acceptors (Lipinski definition) is 4. The van der Waals surface area contributed by atoms with Crippen molar-refractivity contribution in [3.05, 3.63) is 50.9 Å². The van der Waals surface area contributed by atoms with Gasteiger partial charge >= 0.3 is 5.97 Å². The minimum absolute atomic E-state index is 0.266. The molecule has 0 aliphatic carbocycles. The molecule has 1 unspecified atom stereocenters. The highest BCUT2D eigenvalue weighted by atomic mass is 32.1. The lowest BCUT2D eigenvalue weighted by Gasteiger charge is -2.18. The highest BCUT2D eigenvalue weighted by molar-refractivity contribution is 7.17. The van der Waals surface area contributed by atoms with Gasteiger partial charge in [-0.25, -0.2) is 9.78 Å². The number of thiophene rings is 1. The molecule has 1 N–H and O–H groups in total. The maximum absolute atomic E-state index is 13.3. The van der Waals surface area contributed by atoms with E-state index < -0.39 is 12.0 Å². The average Bonchev–Trinajstić information content (AvgIpc) is 3.01. The highest BCUT2D eigenvalue weighted by Crippen LogP contribution is 2.34. The van der Waals surface area contributed by atoms with E-state index >= 15 is 0 Å². The fourth-order valence-electron chi connectivity index (χ4n) is 3.40. The molecule has 5 nitrogen and oxygen atoms in total. The molecule has 0 saturated heterocycles. The van der Waals surface area contributed by atoms with Crippen LogP contribution in [0.3, 0.4) is 0 Å². The van der Waals surface area contributed by atoms with Crippen molar-refractivity contribution in [3.63, 3.8) is 0 Å². The van der Waals surface area contributed by atoms with Crippen LogP contribution in [-0.2, 0) is 11.2 Å². The molecule has 26 heavy (non-hydrogen) atoms. The Labute approximate surface area is 155 Å². The van der Waals surface area contributed by atoms with E-state index in [1.165, 1.54) is 15.9 Å². The van der Waals surface area contributed by atoms with E-state index in [9.17, 15) is 14.7 Å². The topological polar surface area (TPSA) is 72.2 Å². The molecule has 0 spiro atoms. The largest absolute Gasteiger partial charge is 0.480 e. The smallest absolute Gasteiger partial charge is 0.326 e. The Kier molecular flexibility index (Phi) is 4.96. The van der Waals surface area contributed by atoms with Gasteiger partial charge in [0.05, 0.1) is 5.39 Å². The van der Waals surface area contributed by atoms with Crippen LogP contribution < -0.4 is 5.56 Å². The van der Waals surface area contributed by atoms with Crippen LogP contribution in [0.5, 0.6) is 0 Å². The first kappa shape index (κ1) is 18.3. The van der Waals surface area contributed by atoms with Gasteiger partial charge in [-0.15, -0.1) is 11.3 Å². The van der Waals surface area contributed by atoms with Crippen LogP contribution in [0.15, 0.2) is 28.4 Å². The molecule has 2 heterocycles. The molecular formula is C20H22N2O3S. The highest BCUT2D eigenvalue weighted by Gasteiger charge is 2.25. The standard InChI is InChI=1S/C20H22N2O3S/c1-5-15(20(24)25)22-16(6-2)21-18-17(19(22)23)14(10-26-18)13-8-7-11(3)9-12(13)4/h7-10,15H,5-6H2,1-4H3,(H,24,25). The second kappa shape index (κ2) is 7.03. The summed E-state index contributed by atoms with van der Waals surface area (Å²) in [5.74, 6) is -0.487. The molecule has 0 radical (unpaired) electrons. The first-order valence-corrected chi connectivity index (χ1v) is 9.60. The van der Waals surface area contributed by atoms with Crippen molar-refractivity contribution >= 4 is 27.5 Å². The fourth-order valence-corrected chi connectivity index (χ4v) is 4.35. The van der Waals surface area contributed by atoms with Crippen LogP contribution in [0.1, 0.15) is 43.3 Å². The third-order valence-corrected chi connectivity index (χ3v) is 5.56. The van der Waals surface area contributed by atoms with Crippen LogP contribution in [0.25, 0.3) is 21.3 Å². The Morgan fingerprint density at radius 1 is 1.27 bits per heavy atom. The molecule has 3 aromatic rings. The van der Waals surface area contributed by atoms with Crippen LogP contribution >= 0.6 is 11.3 Å². The summed E-state index contributed by atoms with van der Waals surface area (Å²) in [5.41, 5.74) is 3.79. The number of rotatable bonds is 5. The van der Waals surface area contributed by atoms with Crippen LogP contribution in [-0.4, -0.2) is 20.6 Å². The number of aryl methyl sites for hydroxylation is 3. The molecule has 0 aliphatic rings. The van der Waals surface area contributed by atoms with Crippen LogP contribution in [0.4, 0.5) is 0 Å². The summed E-state index contributed by atoms with van der Waals surface area (Å²) < 4.78 is 1.37. The van der Waals surface area contributed by atoms with Gasteiger partial charge in [0, 0.05) is 17.4 Å². The van der Waals surface area contributed by atoms with E-state index in [1.807, 2.05) is 38.3 Å². The van der Waals surface area contributed by atoms with Gasteiger partial charge in [-0.05, 0) is 31.4 Å². The van der Waals surface area contributed by atoms with Gasteiger partial charge in [-0.3, -0.25) is 9.36 Å². The first-order chi connectivity index (χ1) is 12.4. The van der Waals surface area contributed by atoms with E-state index in [2.05, 4.69) is 11.1 Å². The number of aromatic nitrogens is 2. The minimum Gasteiger partial charge on any atom is -0.480 e. The molecule has 3 rings (SSSR count). The lowest BCUT2D eigenvalue weighted by atomic mass is 9.99. The summed E-state index contributed by atoms with van der Waals surface area (Å²) in [6, 6.07) is 5.21. The average molecular weight is 370 g/mol. The molecular weight excluding hydrogens is 348 g/mol. The summed E-state index contributed by atoms with van der Waals surface area (Å²) in [6.07, 6.45) is 0.838. The predicted octanol–water partition coefficient (Wildman–Crippen LogP) is 4.34. The molecule has 2 aromatic heterocycles. The lowest BCUT2D eigenvalue weighted by Crippen LogP contribution is -2.33. The Balaban J connectivity index is 2.36. The van der Waals surface area contributed by atoms with E-state index in [4.69, 9.17) is 0 Å². The van der Waals surface area contributed by atoms with E-state index in [1.54, 1.807) is 6.92 Å². The summed E-state index contributed by atoms with van der Waals surface area (Å²) >= 11 is 1.43. The number of hydrogen-bond donors (Lipinski definition) is 1. The number of nitrogens with zero attached hydrogens (tertiary/aromatic N) is 2. The number of carboxylic acids is 1. The van der Waals surface area contributed by atoms with Crippen molar-refractivity contribution < 1.29 is 9.90 Å². The Hall–Kier alpha value is -2.47. The maximum atomic E-state index is 13.3. The Morgan fingerprint density at radius 3 is 2.58 bits per heavy atom. The third kappa shape index (κ3) is 2.94. The number of benzene rings is 1. The van der Waals surface area contributed by atoms with Crippen molar-refractivity contribution in [1.82, 2.24) is 9.55 Å². The molecule has 0 saturated carbocycles. The van der Waals surface area contributed by atoms with E-state index in [-0.39, 0.29) is 5.56 Å². The summed E-state index contributed by atoms with van der Waals surface area (Å²) in [6.45, 7) is 7.71. The molecule has 0 amide bonds. The van der Waals surface area contributed by atoms with Crippen LogP contribution in [0, 0.1) is 13.8 Å². The van der Waals surface area contributed by atoms with Gasteiger partial charge in [0.25, 0.3) is 5.56 Å². The molecule has 0 bridgehead atoms. The monoisotopic (exact) mass is 370 g/mol. The summed E-state index contributed by atoms with van der Waals surface area (Å²) in [4.78, 5) is 30.3. The predicted molar refractivity (Wildman–Crippen MR) is 105 cm³/mol. The van der Waals surface area contributed by atoms with Crippen LogP contribution in [0.2, 0.25) is 0 Å². The zero-order valence-corrected chi connectivity index (χ0v) is 16.2. The number of carbonyl (C=O) groups is 1. The van der Waals surface area contributed by atoms with E-state index in [0.717, 1.165) is 22.3 Å². The normalized spacial score (nSPS) is 12.5. The van der Waals surface area contributed by atoms with Crippen molar-refractivity contribution in [1.29, 1.82) is 0 Å². The molecule has 0 fully saturated rings. The number of fused-ring (bicyclic) bond motifs is 1. The van der Waals surface area contributed by atoms with Crippen molar-refractivity contribution in [2.75, 3.05) is 0 Å². The van der Waals surface area contributed by atoms with Crippen molar-refractivity contribution in [2.45, 2.75) is 46.6 Å². The first-order valence-electron chi connectivity index (χ1n) is 8.72. The molecule has 1 atom stereocenters. The Bertz CT molecular complexity index is 1050. The molecule has 0 aliphatic heterocycles. The maximum Gasteiger partial charge on any atom is 0.326 e. The second-order valence-corrected chi connectivity index (χ2v) is 7.33. The summed E-state index contributed by atoms with van der Waals surface area (Å²) in [7, 11) is 0. The SMILES string of the molecule is CCc1nc2scc(-c3ccc(C)cc3C)c2c(=O)n1C(CC)C(=O)O. The molecule has 1 aromatic carbocycles. The zero-order chi connectivity index (χ0) is 19.0. The molecule has 136 valence electrons. The Morgan fingerprint density at radius 2 is 2.00 bits per heavy atom. The third-order valence-electron chi connectivity index (χ3n) is 4.68. The van der Waals surface area contributed by atoms with Gasteiger partial charge in [-0.1, -0.05) is 37.6 Å². The quantitative estimate of drug-likeness (QED) is 0.725. The van der Waals surface area contributed by atoms with Gasteiger partial charge in [0.2, 0.25) is 0 Å². The minimum atomic E-state index is -1.01. The number of carboxylic acid groups (broad SMARTS) is 1. The summed E-state index contributed by atoms with van der Waals surface area (Å²) in [5, 5.41) is 12.0.